The lowest BCUT2D eigenvalue weighted by atomic mass is 10.0. The second kappa shape index (κ2) is 6.08. The van der Waals surface area contributed by atoms with Crippen molar-refractivity contribution in [2.75, 3.05) is 11.9 Å². The number of carbonyl (C=O) groups excluding carboxylic acids is 1. The van der Waals surface area contributed by atoms with Crippen LogP contribution in [0.25, 0.3) is 0 Å². The number of hydrogen-bond donors (Lipinski definition) is 2. The highest BCUT2D eigenvalue weighted by Gasteiger charge is 2.16. The van der Waals surface area contributed by atoms with Crippen LogP contribution in [0.3, 0.4) is 0 Å². The molecule has 1 atom stereocenters. The van der Waals surface area contributed by atoms with E-state index < -0.39 is 0 Å². The van der Waals surface area contributed by atoms with Crippen LogP contribution in [0.4, 0.5) is 5.95 Å². The van der Waals surface area contributed by atoms with E-state index in [4.69, 9.17) is 5.73 Å². The number of carbonyl (C=O) groups is 1. The molecule has 0 fully saturated rings. The SMILES string of the molecule is CCCC(CN)C(=O)Nc1ncccn1. The van der Waals surface area contributed by atoms with E-state index in [1.807, 2.05) is 6.92 Å². The Kier molecular flexibility index (Phi) is 4.70. The Balaban J connectivity index is 2.54. The Morgan fingerprint density at radius 1 is 1.53 bits per heavy atom. The Labute approximate surface area is 89.1 Å². The van der Waals surface area contributed by atoms with E-state index in [0.717, 1.165) is 12.8 Å². The zero-order chi connectivity index (χ0) is 11.1. The summed E-state index contributed by atoms with van der Waals surface area (Å²) in [6, 6.07) is 1.70. The summed E-state index contributed by atoms with van der Waals surface area (Å²) < 4.78 is 0. The molecule has 5 nitrogen and oxygen atoms in total. The first-order valence-electron chi connectivity index (χ1n) is 5.05. The van der Waals surface area contributed by atoms with Crippen molar-refractivity contribution in [3.05, 3.63) is 18.5 Å². The van der Waals surface area contributed by atoms with Crippen molar-refractivity contribution in [3.8, 4) is 0 Å². The van der Waals surface area contributed by atoms with Crippen LogP contribution < -0.4 is 11.1 Å². The lowest BCUT2D eigenvalue weighted by Gasteiger charge is -2.12. The minimum absolute atomic E-state index is 0.106. The van der Waals surface area contributed by atoms with Gasteiger partial charge >= 0.3 is 0 Å². The van der Waals surface area contributed by atoms with Crippen LogP contribution in [0.1, 0.15) is 19.8 Å². The van der Waals surface area contributed by atoms with Gasteiger partial charge < -0.3 is 5.73 Å². The molecule has 1 rings (SSSR count). The van der Waals surface area contributed by atoms with E-state index in [-0.39, 0.29) is 11.8 Å². The minimum Gasteiger partial charge on any atom is -0.330 e. The molecule has 1 unspecified atom stereocenters. The van der Waals surface area contributed by atoms with Gasteiger partial charge in [0.1, 0.15) is 0 Å². The number of nitrogens with two attached hydrogens (primary N) is 1. The van der Waals surface area contributed by atoms with Gasteiger partial charge in [-0.25, -0.2) is 9.97 Å². The van der Waals surface area contributed by atoms with Crippen molar-refractivity contribution in [1.29, 1.82) is 0 Å². The smallest absolute Gasteiger partial charge is 0.231 e. The van der Waals surface area contributed by atoms with Gasteiger partial charge in [-0.05, 0) is 12.5 Å². The molecule has 0 saturated carbocycles. The standard InChI is InChI=1S/C10H16N4O/c1-2-4-8(7-11)9(15)14-10-12-5-3-6-13-10/h3,5-6,8H,2,4,7,11H2,1H3,(H,12,13,14,15). The number of hydrogen-bond acceptors (Lipinski definition) is 4. The van der Waals surface area contributed by atoms with Gasteiger partial charge in [-0.3, -0.25) is 10.1 Å². The summed E-state index contributed by atoms with van der Waals surface area (Å²) in [7, 11) is 0. The maximum Gasteiger partial charge on any atom is 0.231 e. The minimum atomic E-state index is -0.154. The molecule has 3 N–H and O–H groups in total. The topological polar surface area (TPSA) is 80.9 Å². The van der Waals surface area contributed by atoms with E-state index in [0.29, 0.717) is 12.5 Å². The van der Waals surface area contributed by atoms with Gasteiger partial charge in [0.2, 0.25) is 11.9 Å². The molecule has 0 spiro atoms. The largest absolute Gasteiger partial charge is 0.330 e. The van der Waals surface area contributed by atoms with Crippen LogP contribution in [0.15, 0.2) is 18.5 Å². The molecule has 1 heterocycles. The number of amides is 1. The molecule has 0 radical (unpaired) electrons. The molecular formula is C10H16N4O. The summed E-state index contributed by atoms with van der Waals surface area (Å²) in [5, 5.41) is 2.64. The van der Waals surface area contributed by atoms with Crippen LogP contribution in [0.5, 0.6) is 0 Å². The monoisotopic (exact) mass is 208 g/mol. The average molecular weight is 208 g/mol. The summed E-state index contributed by atoms with van der Waals surface area (Å²) in [5.41, 5.74) is 5.51. The molecule has 0 aliphatic heterocycles. The molecule has 0 saturated heterocycles. The summed E-state index contributed by atoms with van der Waals surface area (Å²) >= 11 is 0. The quantitative estimate of drug-likeness (QED) is 0.749. The molecule has 0 aliphatic carbocycles. The number of nitrogens with zero attached hydrogens (tertiary/aromatic N) is 2. The highest BCUT2D eigenvalue weighted by Crippen LogP contribution is 2.07. The third-order valence-corrected chi connectivity index (χ3v) is 2.09. The number of nitrogens with one attached hydrogen (secondary N) is 1. The molecule has 0 aliphatic rings. The predicted octanol–water partition coefficient (Wildman–Crippen LogP) is 0.790. The molecular weight excluding hydrogens is 192 g/mol. The maximum absolute atomic E-state index is 11.7. The van der Waals surface area contributed by atoms with Gasteiger partial charge in [0, 0.05) is 18.9 Å². The fraction of sp³-hybridized carbons (Fsp3) is 0.500. The molecule has 0 bridgehead atoms. The maximum atomic E-state index is 11.7. The number of rotatable bonds is 5. The Morgan fingerprint density at radius 3 is 2.73 bits per heavy atom. The van der Waals surface area contributed by atoms with Gasteiger partial charge in [-0.1, -0.05) is 13.3 Å². The molecule has 0 aromatic carbocycles. The van der Waals surface area contributed by atoms with Crippen molar-refractivity contribution in [2.45, 2.75) is 19.8 Å². The molecule has 5 heteroatoms. The van der Waals surface area contributed by atoms with E-state index in [1.54, 1.807) is 18.5 Å². The zero-order valence-electron chi connectivity index (χ0n) is 8.81. The second-order valence-corrected chi connectivity index (χ2v) is 3.28. The van der Waals surface area contributed by atoms with Crippen molar-refractivity contribution in [3.63, 3.8) is 0 Å². The summed E-state index contributed by atoms with van der Waals surface area (Å²) in [5.74, 6) is 0.0707. The summed E-state index contributed by atoms with van der Waals surface area (Å²) in [6.07, 6.45) is 4.89. The fourth-order valence-electron chi connectivity index (χ4n) is 1.28. The Hall–Kier alpha value is -1.49. The normalized spacial score (nSPS) is 12.1. The van der Waals surface area contributed by atoms with E-state index in [9.17, 15) is 4.79 Å². The van der Waals surface area contributed by atoms with E-state index >= 15 is 0 Å². The van der Waals surface area contributed by atoms with Gasteiger partial charge in [0.25, 0.3) is 0 Å². The lowest BCUT2D eigenvalue weighted by molar-refractivity contribution is -0.119. The van der Waals surface area contributed by atoms with Crippen LogP contribution in [-0.2, 0) is 4.79 Å². The molecule has 1 aromatic rings. The molecule has 82 valence electrons. The molecule has 1 aromatic heterocycles. The van der Waals surface area contributed by atoms with Gasteiger partial charge in [-0.2, -0.15) is 0 Å². The molecule has 15 heavy (non-hydrogen) atoms. The Morgan fingerprint density at radius 2 is 2.20 bits per heavy atom. The highest BCUT2D eigenvalue weighted by molar-refractivity contribution is 5.90. The zero-order valence-corrected chi connectivity index (χ0v) is 8.81. The van der Waals surface area contributed by atoms with Crippen molar-refractivity contribution < 1.29 is 4.79 Å². The first-order chi connectivity index (χ1) is 7.27. The highest BCUT2D eigenvalue weighted by atomic mass is 16.2. The number of aromatic nitrogens is 2. The average Bonchev–Trinajstić information content (AvgIpc) is 2.27. The number of anilines is 1. The first-order valence-corrected chi connectivity index (χ1v) is 5.05. The van der Waals surface area contributed by atoms with Crippen LogP contribution in [-0.4, -0.2) is 22.4 Å². The van der Waals surface area contributed by atoms with Gasteiger partial charge in [0.05, 0.1) is 5.92 Å². The van der Waals surface area contributed by atoms with Crippen LogP contribution in [0.2, 0.25) is 0 Å². The van der Waals surface area contributed by atoms with Crippen molar-refractivity contribution in [2.24, 2.45) is 11.7 Å². The van der Waals surface area contributed by atoms with Crippen LogP contribution >= 0.6 is 0 Å². The fourth-order valence-corrected chi connectivity index (χ4v) is 1.28. The van der Waals surface area contributed by atoms with Gasteiger partial charge in [0.15, 0.2) is 0 Å². The van der Waals surface area contributed by atoms with Crippen molar-refractivity contribution in [1.82, 2.24) is 9.97 Å². The predicted molar refractivity (Wildman–Crippen MR) is 58.1 cm³/mol. The molecule has 1 amide bonds. The second-order valence-electron chi connectivity index (χ2n) is 3.28. The third kappa shape index (κ3) is 3.63. The lowest BCUT2D eigenvalue weighted by Crippen LogP contribution is -2.29. The van der Waals surface area contributed by atoms with E-state index in [1.165, 1.54) is 0 Å². The van der Waals surface area contributed by atoms with E-state index in [2.05, 4.69) is 15.3 Å². The van der Waals surface area contributed by atoms with Crippen molar-refractivity contribution >= 4 is 11.9 Å². The first kappa shape index (κ1) is 11.6. The third-order valence-electron chi connectivity index (χ3n) is 2.09. The summed E-state index contributed by atoms with van der Waals surface area (Å²) in [4.78, 5) is 19.5. The summed E-state index contributed by atoms with van der Waals surface area (Å²) in [6.45, 7) is 2.38. The van der Waals surface area contributed by atoms with Gasteiger partial charge in [-0.15, -0.1) is 0 Å². The van der Waals surface area contributed by atoms with Crippen LogP contribution in [0, 0.1) is 5.92 Å². The Bertz CT molecular complexity index is 302.